The first kappa shape index (κ1) is 29.4. The van der Waals surface area contributed by atoms with Crippen LogP contribution in [0.15, 0.2) is 47.5 Å². The van der Waals surface area contributed by atoms with E-state index in [1.165, 1.54) is 4.90 Å². The number of halogens is 5. The van der Waals surface area contributed by atoms with Crippen molar-refractivity contribution in [1.29, 1.82) is 0 Å². The van der Waals surface area contributed by atoms with Crippen LogP contribution in [0.2, 0.25) is 0 Å². The molecule has 4 rings (SSSR count). The molecular weight excluding hydrogens is 557 g/mol. The molecule has 0 bridgehead atoms. The number of aliphatic imine (C=N–C) groups is 1. The van der Waals surface area contributed by atoms with Crippen LogP contribution in [0.4, 0.5) is 33.3 Å². The molecule has 2 aromatic carbocycles. The van der Waals surface area contributed by atoms with E-state index < -0.39 is 59.9 Å². The molecule has 2 unspecified atom stereocenters. The van der Waals surface area contributed by atoms with E-state index in [9.17, 15) is 41.1 Å². The number of benzene rings is 2. The van der Waals surface area contributed by atoms with Crippen molar-refractivity contribution in [2.24, 2.45) is 10.9 Å². The number of hydrogen-bond acceptors (Lipinski definition) is 8. The van der Waals surface area contributed by atoms with Crippen molar-refractivity contribution in [2.45, 2.75) is 31.5 Å². The second-order valence-electron chi connectivity index (χ2n) is 9.32. The van der Waals surface area contributed by atoms with Crippen LogP contribution in [0.5, 0.6) is 0 Å². The van der Waals surface area contributed by atoms with Gasteiger partial charge in [-0.15, -0.1) is 0 Å². The summed E-state index contributed by atoms with van der Waals surface area (Å²) in [6, 6.07) is 7.28. The molecule has 218 valence electrons. The Hall–Kier alpha value is -4.56. The van der Waals surface area contributed by atoms with Crippen molar-refractivity contribution >= 4 is 41.1 Å². The third kappa shape index (κ3) is 7.77. The number of rotatable bonds is 7. The maximum atomic E-state index is 13.9. The maximum Gasteiger partial charge on any atom is 0.491 e. The highest BCUT2D eigenvalue weighted by Gasteiger charge is 2.43. The molecule has 1 saturated heterocycles. The van der Waals surface area contributed by atoms with Gasteiger partial charge in [0, 0.05) is 43.5 Å². The van der Waals surface area contributed by atoms with Gasteiger partial charge >= 0.3 is 18.1 Å². The van der Waals surface area contributed by atoms with E-state index in [4.69, 9.17) is 0 Å². The van der Waals surface area contributed by atoms with Crippen molar-refractivity contribution in [3.63, 3.8) is 0 Å². The van der Waals surface area contributed by atoms with Gasteiger partial charge in [-0.05, 0) is 42.3 Å². The normalized spacial score (nSPS) is 17.8. The predicted molar refractivity (Wildman–Crippen MR) is 134 cm³/mol. The molecule has 0 aliphatic carbocycles. The Morgan fingerprint density at radius 2 is 1.85 bits per heavy atom. The molecule has 15 heteroatoms. The van der Waals surface area contributed by atoms with Gasteiger partial charge < -0.3 is 25.6 Å². The summed E-state index contributed by atoms with van der Waals surface area (Å²) in [4.78, 5) is 54.7. The number of carbonyl (C=O) groups is 4. The van der Waals surface area contributed by atoms with Crippen molar-refractivity contribution in [3.8, 4) is 0 Å². The van der Waals surface area contributed by atoms with Crippen LogP contribution < -0.4 is 20.9 Å². The minimum absolute atomic E-state index is 0.0887. The van der Waals surface area contributed by atoms with Gasteiger partial charge in [-0.2, -0.15) is 13.2 Å². The maximum absolute atomic E-state index is 13.9. The first-order valence-electron chi connectivity index (χ1n) is 12.4. The van der Waals surface area contributed by atoms with Gasteiger partial charge in [-0.25, -0.2) is 13.6 Å². The Bertz CT molecular complexity index is 1360. The first-order valence-corrected chi connectivity index (χ1v) is 12.4. The van der Waals surface area contributed by atoms with Crippen LogP contribution in [0.1, 0.15) is 30.9 Å². The first-order chi connectivity index (χ1) is 19.4. The number of anilines is 2. The lowest BCUT2D eigenvalue weighted by molar-refractivity contribution is -0.202. The zero-order chi connectivity index (χ0) is 29.7. The fourth-order valence-electron chi connectivity index (χ4n) is 4.33. The van der Waals surface area contributed by atoms with E-state index in [0.29, 0.717) is 29.9 Å². The van der Waals surface area contributed by atoms with Crippen LogP contribution in [0.25, 0.3) is 0 Å². The highest BCUT2D eigenvalue weighted by Crippen LogP contribution is 2.29. The summed E-state index contributed by atoms with van der Waals surface area (Å²) < 4.78 is 69.0. The van der Waals surface area contributed by atoms with Crippen molar-refractivity contribution < 1.29 is 45.9 Å². The Morgan fingerprint density at radius 3 is 2.51 bits per heavy atom. The third-order valence-corrected chi connectivity index (χ3v) is 6.23. The zero-order valence-electron chi connectivity index (χ0n) is 21.3. The molecule has 2 heterocycles. The van der Waals surface area contributed by atoms with Crippen molar-refractivity contribution in [2.75, 3.05) is 29.9 Å². The number of alkyl halides is 3. The summed E-state index contributed by atoms with van der Waals surface area (Å²) >= 11 is 0. The smallest absolute Gasteiger partial charge is 0.386 e. The molecule has 2 atom stereocenters. The van der Waals surface area contributed by atoms with Gasteiger partial charge in [0.2, 0.25) is 11.8 Å². The lowest BCUT2D eigenvalue weighted by atomic mass is 10.0. The van der Waals surface area contributed by atoms with E-state index in [0.717, 1.165) is 25.1 Å². The number of carbonyl (C=O) groups excluding carboxylic acids is 4. The fourth-order valence-corrected chi connectivity index (χ4v) is 4.33. The summed E-state index contributed by atoms with van der Waals surface area (Å²) in [5, 5.41) is 8.57. The standard InChI is InChI=1S/C26H24F5N5O5/c27-16-7-14(8-17(28)10-16)20(12-22(38)41-24(40)26(29,30)31)35-23(39)15-9-21(37)36(13-15)19-4-1-3-18(11-19)34-25-32-5-2-6-33-25/h1,3-4,7-8,10-11,15,20H,2,5-6,9,12-13H2,(H,35,39)(H2,32,33,34). The highest BCUT2D eigenvalue weighted by atomic mass is 19.4. The van der Waals surface area contributed by atoms with E-state index in [2.05, 4.69) is 25.7 Å². The lowest BCUT2D eigenvalue weighted by Crippen LogP contribution is -2.37. The molecule has 10 nitrogen and oxygen atoms in total. The molecule has 3 N–H and O–H groups in total. The molecule has 2 aliphatic rings. The molecule has 0 spiro atoms. The third-order valence-electron chi connectivity index (χ3n) is 6.23. The zero-order valence-corrected chi connectivity index (χ0v) is 21.3. The summed E-state index contributed by atoms with van der Waals surface area (Å²) in [5.74, 6) is -8.23. The largest absolute Gasteiger partial charge is 0.491 e. The number of nitrogens with zero attached hydrogens (tertiary/aromatic N) is 2. The molecule has 2 amide bonds. The van der Waals surface area contributed by atoms with Gasteiger partial charge in [0.15, 0.2) is 5.96 Å². The number of amides is 2. The Labute approximate surface area is 229 Å². The number of hydrogen-bond donors (Lipinski definition) is 3. The minimum atomic E-state index is -5.46. The Morgan fingerprint density at radius 1 is 1.12 bits per heavy atom. The van der Waals surface area contributed by atoms with E-state index >= 15 is 0 Å². The summed E-state index contributed by atoms with van der Waals surface area (Å²) in [7, 11) is 0. The quantitative estimate of drug-likeness (QED) is 0.261. The molecule has 0 radical (unpaired) electrons. The highest BCUT2D eigenvalue weighted by molar-refractivity contribution is 6.01. The average Bonchev–Trinajstić information content (AvgIpc) is 3.29. The van der Waals surface area contributed by atoms with Gasteiger partial charge in [-0.3, -0.25) is 19.4 Å². The second kappa shape index (κ2) is 12.3. The summed E-state index contributed by atoms with van der Waals surface area (Å²) in [5.41, 5.74) is 0.813. The monoisotopic (exact) mass is 581 g/mol. The van der Waals surface area contributed by atoms with Crippen LogP contribution in [0.3, 0.4) is 0 Å². The number of nitrogens with one attached hydrogen (secondary N) is 3. The van der Waals surface area contributed by atoms with E-state index in [1.807, 2.05) is 0 Å². The summed E-state index contributed by atoms with van der Waals surface area (Å²) in [6.07, 6.45) is -5.86. The fraction of sp³-hybridized carbons (Fsp3) is 0.346. The van der Waals surface area contributed by atoms with Crippen LogP contribution >= 0.6 is 0 Å². The molecule has 2 aromatic rings. The topological polar surface area (TPSA) is 129 Å². The van der Waals surface area contributed by atoms with Crippen molar-refractivity contribution in [1.82, 2.24) is 10.6 Å². The summed E-state index contributed by atoms with van der Waals surface area (Å²) in [6.45, 7) is 1.33. The van der Waals surface area contributed by atoms with Gasteiger partial charge in [-0.1, -0.05) is 6.07 Å². The van der Waals surface area contributed by atoms with E-state index in [1.54, 1.807) is 24.3 Å². The molecule has 2 aliphatic heterocycles. The van der Waals surface area contributed by atoms with Gasteiger partial charge in [0.25, 0.3) is 0 Å². The predicted octanol–water partition coefficient (Wildman–Crippen LogP) is 2.96. The molecule has 0 saturated carbocycles. The average molecular weight is 581 g/mol. The van der Waals surface area contributed by atoms with Crippen LogP contribution in [0, 0.1) is 17.6 Å². The minimum Gasteiger partial charge on any atom is -0.386 e. The van der Waals surface area contributed by atoms with Crippen LogP contribution in [-0.4, -0.2) is 55.5 Å². The van der Waals surface area contributed by atoms with Crippen LogP contribution in [-0.2, 0) is 23.9 Å². The Balaban J connectivity index is 1.47. The molecular formula is C26H24F5N5O5. The van der Waals surface area contributed by atoms with Crippen molar-refractivity contribution in [3.05, 3.63) is 59.7 Å². The number of ether oxygens (including phenoxy) is 1. The Kier molecular flexibility index (Phi) is 8.83. The van der Waals surface area contributed by atoms with Gasteiger partial charge in [0.1, 0.15) is 11.6 Å². The second-order valence-corrected chi connectivity index (χ2v) is 9.32. The van der Waals surface area contributed by atoms with E-state index in [-0.39, 0.29) is 18.5 Å². The van der Waals surface area contributed by atoms with Gasteiger partial charge in [0.05, 0.1) is 18.4 Å². The SMILES string of the molecule is O=C(CC(NC(=O)C1CC(=O)N(c2cccc(NC3=NCCCN3)c2)C1)c1cc(F)cc(F)c1)OC(=O)C(F)(F)F. The molecule has 0 aromatic heterocycles. The number of guanidine groups is 1. The lowest BCUT2D eigenvalue weighted by Gasteiger charge is -2.22. The molecule has 1 fully saturated rings. The molecule has 41 heavy (non-hydrogen) atoms. The number of esters is 2.